The highest BCUT2D eigenvalue weighted by Crippen LogP contribution is 2.63. The molecule has 0 aromatic heterocycles. The van der Waals surface area contributed by atoms with E-state index in [2.05, 4.69) is 13.8 Å². The van der Waals surface area contributed by atoms with E-state index in [-0.39, 0.29) is 0 Å². The maximum Gasteiger partial charge on any atom is -0.0292 e. The van der Waals surface area contributed by atoms with Crippen molar-refractivity contribution < 1.29 is 0 Å². The molecule has 0 nitrogen and oxygen atoms in total. The molecule has 64 heavy (non-hydrogen) atoms. The van der Waals surface area contributed by atoms with Gasteiger partial charge in [-0.05, 0) is 128 Å². The van der Waals surface area contributed by atoms with Crippen molar-refractivity contribution in [1.29, 1.82) is 0 Å². The zero-order valence-electron chi connectivity index (χ0n) is 44.1. The van der Waals surface area contributed by atoms with E-state index in [0.29, 0.717) is 0 Å². The van der Waals surface area contributed by atoms with E-state index in [1.807, 2.05) is 0 Å². The van der Waals surface area contributed by atoms with E-state index in [1.165, 1.54) is 160 Å². The first-order valence-electron chi connectivity index (χ1n) is 31.5. The van der Waals surface area contributed by atoms with Gasteiger partial charge < -0.3 is 0 Å². The molecule has 0 heterocycles. The van der Waals surface area contributed by atoms with Gasteiger partial charge in [-0.1, -0.05) is 277 Å². The van der Waals surface area contributed by atoms with Crippen LogP contribution in [0.1, 0.15) is 328 Å². The fraction of sp³-hybridized carbons (Fsp3) is 1.00. The number of hydrogen-bond acceptors (Lipinski definition) is 0. The van der Waals surface area contributed by atoms with Crippen LogP contribution in [-0.2, 0) is 0 Å². The molecule has 16 saturated carbocycles. The van der Waals surface area contributed by atoms with Gasteiger partial charge in [-0.2, -0.15) is 0 Å². The van der Waals surface area contributed by atoms with Crippen molar-refractivity contribution in [2.75, 3.05) is 0 Å². The molecule has 0 amide bonds. The molecule has 16 aliphatic rings. The largest absolute Gasteiger partial charge is 0.0625 e. The van der Waals surface area contributed by atoms with Gasteiger partial charge in [0.25, 0.3) is 0 Å². The highest BCUT2D eigenvalue weighted by molar-refractivity contribution is 5.02. The zero-order valence-corrected chi connectivity index (χ0v) is 44.1. The lowest BCUT2D eigenvalue weighted by molar-refractivity contribution is 0.146. The zero-order chi connectivity index (χ0) is 44.1. The normalized spacial score (nSPS) is 39.4. The first-order chi connectivity index (χ1) is 31.5. The van der Waals surface area contributed by atoms with E-state index >= 15 is 0 Å². The van der Waals surface area contributed by atoms with Crippen LogP contribution in [0.25, 0.3) is 0 Å². The standard InChI is InChI=1S/C11H20.3C10H18.2C7H12.C5H10.C4H8/c1-4-10-6-2-7-11(5-1)9-3-8-10;1-8-5-9-3-2-4-10(6-8)7-9;1-2-6-10-8-4-3-7-9(10)5-1;1-2-4-10-7-5-9(3-1)6-8-10;1-6-4-7(5-6)2-3-7;1-2-4-7-5-6(7)3-1;1-2-4-5-3-1;1-2-4-3-1/h10-11H,1-9H2;8-10H,2-7H2,1H3;2*9-10H,1-8H2;6H,2-5H2,1H3;6-7H,1-5H2;1-5H2;1-4H2/t;;;;;6-,7+;;. The lowest BCUT2D eigenvalue weighted by Crippen LogP contribution is -2.25. The highest BCUT2D eigenvalue weighted by Gasteiger charge is 2.50. The minimum absolute atomic E-state index is 0.944. The summed E-state index contributed by atoms with van der Waals surface area (Å²) in [6.45, 7) is 4.80. The minimum atomic E-state index is 0.944. The SMILES string of the molecule is C1CC2CCCC(C1)CCC2.C1CCC1.C1CCC2CCC(C1)CC2.C1CCC2CCCCC2C1.C1CCCC1.C1CC[C@H]2C[C@H]2C1.CC1CC2(CC2)C1.CC1CC2CCCC(C1)C2. The molecule has 16 aliphatic carbocycles. The van der Waals surface area contributed by atoms with Gasteiger partial charge in [0.1, 0.15) is 0 Å². The number of fused-ring (bicyclic) bond motifs is 15. The summed E-state index contributed by atoms with van der Waals surface area (Å²) in [7, 11) is 0. The van der Waals surface area contributed by atoms with Crippen LogP contribution in [0.5, 0.6) is 0 Å². The van der Waals surface area contributed by atoms with Crippen LogP contribution in [0.4, 0.5) is 0 Å². The smallest absolute Gasteiger partial charge is 0.0292 e. The van der Waals surface area contributed by atoms with Crippen LogP contribution in [0.3, 0.4) is 0 Å². The molecule has 4 atom stereocenters. The molecule has 0 N–H and O–H groups in total. The van der Waals surface area contributed by atoms with Crippen LogP contribution >= 0.6 is 0 Å². The van der Waals surface area contributed by atoms with Crippen molar-refractivity contribution in [2.45, 2.75) is 328 Å². The molecular weight excluding hydrogens is 769 g/mol. The fourth-order valence-corrected chi connectivity index (χ4v) is 16.5. The summed E-state index contributed by atoms with van der Waals surface area (Å²) in [5, 5.41) is 0. The van der Waals surface area contributed by atoms with E-state index in [4.69, 9.17) is 0 Å². The Bertz CT molecular complexity index is 1040. The molecule has 0 radical (unpaired) electrons. The third-order valence-corrected chi connectivity index (χ3v) is 21.2. The third kappa shape index (κ3) is 19.8. The van der Waals surface area contributed by atoms with E-state index in [1.54, 1.807) is 167 Å². The Labute approximate surface area is 403 Å². The molecular formula is C64H116. The topological polar surface area (TPSA) is 0 Å². The molecule has 16 rings (SSSR count). The van der Waals surface area contributed by atoms with Gasteiger partial charge in [0, 0.05) is 0 Å². The molecule has 0 aliphatic heterocycles. The summed E-state index contributed by atoms with van der Waals surface area (Å²) >= 11 is 0. The van der Waals surface area contributed by atoms with E-state index in [0.717, 1.165) is 64.6 Å². The van der Waals surface area contributed by atoms with E-state index < -0.39 is 0 Å². The fourth-order valence-electron chi connectivity index (χ4n) is 16.5. The van der Waals surface area contributed by atoms with Crippen molar-refractivity contribution in [3.05, 3.63) is 0 Å². The van der Waals surface area contributed by atoms with Crippen LogP contribution in [0.15, 0.2) is 0 Å². The molecule has 1 spiro atoms. The average Bonchev–Trinajstić information content (AvgIpc) is 4.14. The van der Waals surface area contributed by atoms with Crippen molar-refractivity contribution in [3.63, 3.8) is 0 Å². The second-order valence-corrected chi connectivity index (χ2v) is 27.0. The van der Waals surface area contributed by atoms with Crippen molar-refractivity contribution in [1.82, 2.24) is 0 Å². The predicted octanol–water partition coefficient (Wildman–Crippen LogP) is 21.6. The Morgan fingerprint density at radius 2 is 0.500 bits per heavy atom. The maximum atomic E-state index is 2.44. The number of hydrogen-bond donors (Lipinski definition) is 0. The second kappa shape index (κ2) is 29.2. The van der Waals surface area contributed by atoms with E-state index in [9.17, 15) is 0 Å². The first kappa shape index (κ1) is 51.8. The summed E-state index contributed by atoms with van der Waals surface area (Å²) < 4.78 is 0. The number of rotatable bonds is 0. The van der Waals surface area contributed by atoms with Gasteiger partial charge in [-0.3, -0.25) is 0 Å². The van der Waals surface area contributed by atoms with Gasteiger partial charge >= 0.3 is 0 Å². The molecule has 0 aromatic rings. The quantitative estimate of drug-likeness (QED) is 0.227. The van der Waals surface area contributed by atoms with Gasteiger partial charge in [0.05, 0.1) is 0 Å². The average molecular weight is 886 g/mol. The molecule has 2 unspecified atom stereocenters. The first-order valence-corrected chi connectivity index (χ1v) is 31.5. The summed E-state index contributed by atoms with van der Waals surface area (Å²) in [6, 6.07) is 0. The van der Waals surface area contributed by atoms with Crippen molar-refractivity contribution in [2.24, 2.45) is 76.4 Å². The summed E-state index contributed by atoms with van der Waals surface area (Å²) in [4.78, 5) is 0. The molecule has 6 bridgehead atoms. The Hall–Kier alpha value is 0. The summed E-state index contributed by atoms with van der Waals surface area (Å²) in [5.41, 5.74) is 0.944. The van der Waals surface area contributed by atoms with Crippen LogP contribution in [0, 0.1) is 76.4 Å². The lowest BCUT2D eigenvalue weighted by atomic mass is 9.69. The molecule has 372 valence electrons. The molecule has 0 saturated heterocycles. The Morgan fingerprint density at radius 1 is 0.219 bits per heavy atom. The summed E-state index contributed by atoms with van der Waals surface area (Å²) in [5.74, 6) is 13.6. The lowest BCUT2D eigenvalue weighted by Gasteiger charge is -2.37. The molecule has 16 fully saturated rings. The van der Waals surface area contributed by atoms with Crippen LogP contribution in [0.2, 0.25) is 0 Å². The molecule has 0 heteroatoms. The Balaban J connectivity index is 0.000000111. The Morgan fingerprint density at radius 3 is 0.797 bits per heavy atom. The van der Waals surface area contributed by atoms with Crippen LogP contribution in [-0.4, -0.2) is 0 Å². The highest BCUT2D eigenvalue weighted by atomic mass is 14.6. The Kier molecular flexibility index (Phi) is 23.7. The van der Waals surface area contributed by atoms with Gasteiger partial charge in [0.15, 0.2) is 0 Å². The molecule has 0 aromatic carbocycles. The second-order valence-electron chi connectivity index (χ2n) is 27.0. The van der Waals surface area contributed by atoms with Crippen molar-refractivity contribution in [3.8, 4) is 0 Å². The van der Waals surface area contributed by atoms with Crippen molar-refractivity contribution >= 4 is 0 Å². The third-order valence-electron chi connectivity index (χ3n) is 21.2. The van der Waals surface area contributed by atoms with Gasteiger partial charge in [-0.15, -0.1) is 0 Å². The monoisotopic (exact) mass is 885 g/mol. The minimum Gasteiger partial charge on any atom is -0.0625 e. The van der Waals surface area contributed by atoms with Gasteiger partial charge in [-0.25, -0.2) is 0 Å². The summed E-state index contributed by atoms with van der Waals surface area (Å²) in [6.07, 6.45) is 75.4. The van der Waals surface area contributed by atoms with Crippen LogP contribution < -0.4 is 0 Å². The van der Waals surface area contributed by atoms with Gasteiger partial charge in [0.2, 0.25) is 0 Å². The predicted molar refractivity (Wildman–Crippen MR) is 282 cm³/mol. The maximum absolute atomic E-state index is 2.44.